The van der Waals surface area contributed by atoms with Crippen LogP contribution in [-0.4, -0.2) is 74.9 Å². The summed E-state index contributed by atoms with van der Waals surface area (Å²) in [6.45, 7) is 4.28. The number of likely N-dealkylation sites (N-methyl/N-ethyl adjacent to an activating group) is 1. The molecule has 0 aromatic carbocycles. The van der Waals surface area contributed by atoms with Crippen LogP contribution in [0.3, 0.4) is 0 Å². The van der Waals surface area contributed by atoms with Crippen molar-refractivity contribution in [3.63, 3.8) is 0 Å². The van der Waals surface area contributed by atoms with Gasteiger partial charge in [0.25, 0.3) is 0 Å². The molecule has 0 aliphatic rings. The van der Waals surface area contributed by atoms with Gasteiger partial charge < -0.3 is 18.9 Å². The molecule has 0 amide bonds. The van der Waals surface area contributed by atoms with E-state index in [0.29, 0.717) is 17.4 Å². The number of nitrogens with zero attached hydrogens (tertiary/aromatic N) is 1. The van der Waals surface area contributed by atoms with Crippen molar-refractivity contribution in [3.05, 3.63) is 134 Å². The van der Waals surface area contributed by atoms with E-state index in [9.17, 15) is 19.0 Å². The Bertz CT molecular complexity index is 1830. The van der Waals surface area contributed by atoms with Crippen molar-refractivity contribution in [1.82, 2.24) is 0 Å². The summed E-state index contributed by atoms with van der Waals surface area (Å²) >= 11 is 0. The van der Waals surface area contributed by atoms with E-state index in [1.54, 1.807) is 0 Å². The molecule has 0 radical (unpaired) electrons. The number of hydrogen-bond donors (Lipinski definition) is 1. The number of phosphoric ester groups is 1. The van der Waals surface area contributed by atoms with Crippen molar-refractivity contribution < 1.29 is 42.1 Å². The fourth-order valence-corrected chi connectivity index (χ4v) is 9.19. The molecule has 0 spiro atoms. The Hall–Kier alpha value is -3.85. The second-order valence-electron chi connectivity index (χ2n) is 22.4. The maximum Gasteiger partial charge on any atom is 0.472 e. The van der Waals surface area contributed by atoms with Gasteiger partial charge in [-0.25, -0.2) is 4.57 Å². The van der Waals surface area contributed by atoms with Crippen LogP contribution >= 0.6 is 7.82 Å². The first kappa shape index (κ1) is 77.2. The van der Waals surface area contributed by atoms with Crippen LogP contribution in [0, 0.1) is 0 Å². The van der Waals surface area contributed by atoms with Crippen LogP contribution in [0.2, 0.25) is 0 Å². The van der Waals surface area contributed by atoms with Crippen LogP contribution in [0.5, 0.6) is 0 Å². The number of quaternary nitrogens is 1. The lowest BCUT2D eigenvalue weighted by atomic mass is 10.0. The maximum absolute atomic E-state index is 12.8. The number of unbranched alkanes of at least 4 members (excludes halogenated alkanes) is 22. The number of ether oxygens (including phenoxy) is 2. The van der Waals surface area contributed by atoms with Crippen LogP contribution in [0.1, 0.15) is 251 Å². The number of allylic oxidation sites excluding steroid dienone is 22. The molecule has 0 aliphatic carbocycles. The normalized spacial score (nSPS) is 14.1. The van der Waals surface area contributed by atoms with Gasteiger partial charge in [-0.05, 0) is 116 Å². The zero-order valence-corrected chi connectivity index (χ0v) is 53.4. The quantitative estimate of drug-likeness (QED) is 0.0211. The Morgan fingerprint density at radius 2 is 0.704 bits per heavy atom. The van der Waals surface area contributed by atoms with E-state index in [-0.39, 0.29) is 32.0 Å². The Morgan fingerprint density at radius 3 is 1.05 bits per heavy atom. The average molecular weight is 1150 g/mol. The first-order chi connectivity index (χ1) is 39.5. The van der Waals surface area contributed by atoms with Gasteiger partial charge in [-0.15, -0.1) is 0 Å². The molecule has 462 valence electrons. The molecule has 0 bridgehead atoms. The van der Waals surface area contributed by atoms with E-state index in [4.69, 9.17) is 18.5 Å². The third-order valence-corrected chi connectivity index (χ3v) is 14.4. The number of esters is 2. The largest absolute Gasteiger partial charge is 0.472 e. The van der Waals surface area contributed by atoms with E-state index in [1.165, 1.54) is 96.3 Å². The van der Waals surface area contributed by atoms with Crippen LogP contribution in [0.25, 0.3) is 0 Å². The minimum atomic E-state index is -4.40. The Balaban J connectivity index is 4.05. The number of carbonyl (C=O) groups excluding carboxylic acids is 2. The third kappa shape index (κ3) is 65.2. The average Bonchev–Trinajstić information content (AvgIpc) is 3.43. The highest BCUT2D eigenvalue weighted by Crippen LogP contribution is 2.43. The van der Waals surface area contributed by atoms with Crippen LogP contribution < -0.4 is 0 Å². The molecule has 0 heterocycles. The van der Waals surface area contributed by atoms with Gasteiger partial charge in [0, 0.05) is 12.8 Å². The summed E-state index contributed by atoms with van der Waals surface area (Å²) < 4.78 is 34.6. The molecule has 0 aromatic heterocycles. The summed E-state index contributed by atoms with van der Waals surface area (Å²) in [5, 5.41) is 0. The molecule has 0 saturated carbocycles. The van der Waals surface area contributed by atoms with Gasteiger partial charge in [-0.1, -0.05) is 257 Å². The molecular weight excluding hydrogens is 1030 g/mol. The van der Waals surface area contributed by atoms with Crippen LogP contribution in [0.4, 0.5) is 0 Å². The zero-order valence-electron chi connectivity index (χ0n) is 52.5. The molecule has 81 heavy (non-hydrogen) atoms. The van der Waals surface area contributed by atoms with Crippen molar-refractivity contribution in [3.8, 4) is 0 Å². The molecule has 1 N–H and O–H groups in total. The predicted molar refractivity (Wildman–Crippen MR) is 348 cm³/mol. The summed E-state index contributed by atoms with van der Waals surface area (Å²) in [5.74, 6) is -0.818. The fourth-order valence-electron chi connectivity index (χ4n) is 8.45. The standard InChI is InChI=1S/C71H120NO8P/c1-6-8-10-12-14-16-18-20-22-24-25-26-27-28-29-30-31-32-33-34-35-36-37-38-39-40-41-42-43-44-45-46-47-48-50-52-54-56-58-60-62-64-71(74)80-69(68-79-81(75,76)78-66-65-72(3,4)5)67-77-70(73)63-61-59-57-55-53-51-49-23-21-19-17-15-13-11-9-7-2/h8,10,14,16-17,19-20,22-23,25-26,28-29,31-32,34-35,37-38,40-41,49,69H,6-7,9,11-13,15,18,21,24,27,30,33,36,39,42-48,50-68H2,1-5H3/p+1/b10-8-,16-14-,19-17-,22-20-,26-25-,29-28-,32-31-,35-34-,38-37-,41-40-,49-23-. The predicted octanol–water partition coefficient (Wildman–Crippen LogP) is 20.9. The maximum atomic E-state index is 12.8. The highest BCUT2D eigenvalue weighted by atomic mass is 31.2. The van der Waals surface area contributed by atoms with Gasteiger partial charge >= 0.3 is 19.8 Å². The summed E-state index contributed by atoms with van der Waals surface area (Å²) in [4.78, 5) is 35.7. The second kappa shape index (κ2) is 60.7. The Kier molecular flexibility index (Phi) is 57.8. The van der Waals surface area contributed by atoms with Gasteiger partial charge in [-0.2, -0.15) is 0 Å². The fraction of sp³-hybridized carbons (Fsp3) is 0.662. The van der Waals surface area contributed by atoms with Crippen molar-refractivity contribution in [1.29, 1.82) is 0 Å². The summed E-state index contributed by atoms with van der Waals surface area (Å²) in [6, 6.07) is 0. The van der Waals surface area contributed by atoms with Crippen molar-refractivity contribution >= 4 is 19.8 Å². The first-order valence-corrected chi connectivity index (χ1v) is 33.9. The molecule has 0 aromatic rings. The summed E-state index contributed by atoms with van der Waals surface area (Å²) in [5.41, 5.74) is 0. The van der Waals surface area contributed by atoms with Crippen LogP contribution in [0.15, 0.2) is 134 Å². The van der Waals surface area contributed by atoms with Crippen molar-refractivity contribution in [2.45, 2.75) is 258 Å². The molecule has 0 saturated heterocycles. The lowest BCUT2D eigenvalue weighted by Gasteiger charge is -2.24. The van der Waals surface area contributed by atoms with Gasteiger partial charge in [0.2, 0.25) is 0 Å². The molecule has 0 rings (SSSR count). The molecule has 2 unspecified atom stereocenters. The zero-order chi connectivity index (χ0) is 59.1. The minimum Gasteiger partial charge on any atom is -0.462 e. The molecule has 10 heteroatoms. The highest BCUT2D eigenvalue weighted by molar-refractivity contribution is 7.47. The van der Waals surface area contributed by atoms with E-state index in [0.717, 1.165) is 122 Å². The number of hydrogen-bond acceptors (Lipinski definition) is 7. The lowest BCUT2D eigenvalue weighted by molar-refractivity contribution is -0.870. The molecule has 9 nitrogen and oxygen atoms in total. The summed E-state index contributed by atoms with van der Waals surface area (Å²) in [6.07, 6.45) is 88.3. The molecule has 2 atom stereocenters. The van der Waals surface area contributed by atoms with Gasteiger partial charge in [0.15, 0.2) is 6.10 Å². The number of carbonyl (C=O) groups is 2. The minimum absolute atomic E-state index is 0.0241. The van der Waals surface area contributed by atoms with E-state index in [2.05, 4.69) is 148 Å². The monoisotopic (exact) mass is 1150 g/mol. The van der Waals surface area contributed by atoms with Crippen molar-refractivity contribution in [2.75, 3.05) is 47.5 Å². The van der Waals surface area contributed by atoms with E-state index < -0.39 is 26.5 Å². The molecule has 0 fully saturated rings. The lowest BCUT2D eigenvalue weighted by Crippen LogP contribution is -2.37. The Labute approximate surface area is 498 Å². The third-order valence-electron chi connectivity index (χ3n) is 13.4. The highest BCUT2D eigenvalue weighted by Gasteiger charge is 2.27. The van der Waals surface area contributed by atoms with Crippen LogP contribution in [-0.2, 0) is 32.7 Å². The SMILES string of the molecule is CC/C=C\C/C=C\C/C=C\C/C=C\C/C=C\C/C=C\C/C=C\C/C=C\C/C=C\CCCCCCCCCCCCCCCC(=O)OC(COC(=O)CCCCCCC/C=C\C/C=C\CCCCCC)COP(=O)(O)OCC[N+](C)(C)C. The molecule has 0 aliphatic heterocycles. The topological polar surface area (TPSA) is 108 Å². The second-order valence-corrected chi connectivity index (χ2v) is 23.9. The Morgan fingerprint density at radius 1 is 0.395 bits per heavy atom. The number of rotatable bonds is 58. The van der Waals surface area contributed by atoms with E-state index >= 15 is 0 Å². The van der Waals surface area contributed by atoms with Gasteiger partial charge in [0.1, 0.15) is 19.8 Å². The smallest absolute Gasteiger partial charge is 0.462 e. The van der Waals surface area contributed by atoms with E-state index in [1.807, 2.05) is 21.1 Å². The first-order valence-electron chi connectivity index (χ1n) is 32.4. The van der Waals surface area contributed by atoms with Gasteiger partial charge in [-0.3, -0.25) is 18.6 Å². The number of phosphoric acid groups is 1. The van der Waals surface area contributed by atoms with Crippen molar-refractivity contribution in [2.24, 2.45) is 0 Å². The van der Waals surface area contributed by atoms with Gasteiger partial charge in [0.05, 0.1) is 27.7 Å². The molecular formula is C71H121NO8P+. The summed E-state index contributed by atoms with van der Waals surface area (Å²) in [7, 11) is 1.46.